The van der Waals surface area contributed by atoms with Gasteiger partial charge < -0.3 is 0 Å². The van der Waals surface area contributed by atoms with E-state index >= 15 is 0 Å². The van der Waals surface area contributed by atoms with Crippen molar-refractivity contribution >= 4 is 53.9 Å². The van der Waals surface area contributed by atoms with Gasteiger partial charge in [0, 0.05) is 30.6 Å². The molecule has 0 N–H and O–H groups in total. The summed E-state index contributed by atoms with van der Waals surface area (Å²) in [4.78, 5) is 0. The van der Waals surface area contributed by atoms with E-state index in [9.17, 15) is 0 Å². The van der Waals surface area contributed by atoms with Crippen LogP contribution in [0.3, 0.4) is 0 Å². The number of hydrogen-bond donors (Lipinski definition) is 0. The highest BCUT2D eigenvalue weighted by Crippen LogP contribution is 2.52. The number of rotatable bonds is 0. The van der Waals surface area contributed by atoms with Crippen LogP contribution in [0.4, 0.5) is 0 Å². The van der Waals surface area contributed by atoms with Crippen molar-refractivity contribution in [2.75, 3.05) is 0 Å². The van der Waals surface area contributed by atoms with E-state index in [1.54, 1.807) is 0 Å². The highest BCUT2D eigenvalue weighted by Gasteiger charge is 2.23. The molecule has 4 aromatic carbocycles. The van der Waals surface area contributed by atoms with Crippen LogP contribution >= 0.6 is 22.9 Å². The third-order valence-corrected chi connectivity index (χ3v) is 6.59. The molecule has 0 bridgehead atoms. The molecule has 1 aliphatic carbocycles. The summed E-state index contributed by atoms with van der Waals surface area (Å²) >= 11 is 8.39. The van der Waals surface area contributed by atoms with Crippen LogP contribution < -0.4 is 0 Å². The Hall–Kier alpha value is -2.35. The van der Waals surface area contributed by atoms with Gasteiger partial charge in [-0.1, -0.05) is 60.1 Å². The fourth-order valence-corrected chi connectivity index (χ4v) is 5.68. The lowest BCUT2D eigenvalue weighted by Gasteiger charge is -2.04. The number of thiophene rings is 1. The minimum Gasteiger partial charge on any atom is -0.134 e. The molecule has 0 fully saturated rings. The molecule has 6 rings (SSSR count). The highest BCUT2D eigenvalue weighted by atomic mass is 35.5. The van der Waals surface area contributed by atoms with Crippen LogP contribution in [-0.2, 0) is 0 Å². The molecule has 0 spiro atoms. The first-order chi connectivity index (χ1) is 11.8. The topological polar surface area (TPSA) is 0 Å². The summed E-state index contributed by atoms with van der Waals surface area (Å²) in [5, 5.41) is 6.03. The van der Waals surface area contributed by atoms with Gasteiger partial charge in [0.15, 0.2) is 0 Å². The number of hydrogen-bond acceptors (Lipinski definition) is 1. The molecule has 0 aliphatic heterocycles. The van der Waals surface area contributed by atoms with Gasteiger partial charge in [0.1, 0.15) is 0 Å². The van der Waals surface area contributed by atoms with Gasteiger partial charge in [-0.05, 0) is 45.8 Å². The molecule has 1 aromatic heterocycles. The SMILES string of the molecule is Clc1cccc2sc3c4cccc5c4c(cc3c12)-c1ccccc1-5. The lowest BCUT2D eigenvalue weighted by atomic mass is 10.00. The van der Waals surface area contributed by atoms with Crippen molar-refractivity contribution in [1.82, 2.24) is 0 Å². The van der Waals surface area contributed by atoms with Gasteiger partial charge >= 0.3 is 0 Å². The number of benzene rings is 4. The van der Waals surface area contributed by atoms with Gasteiger partial charge in [-0.2, -0.15) is 0 Å². The minimum atomic E-state index is 0.840. The molecule has 1 aliphatic rings. The van der Waals surface area contributed by atoms with E-state index in [2.05, 4.69) is 54.6 Å². The summed E-state index contributed by atoms with van der Waals surface area (Å²) in [7, 11) is 0. The van der Waals surface area contributed by atoms with Gasteiger partial charge in [-0.3, -0.25) is 0 Å². The fraction of sp³-hybridized carbons (Fsp3) is 0. The Bertz CT molecular complexity index is 1310. The van der Waals surface area contributed by atoms with Crippen molar-refractivity contribution in [3.05, 3.63) is 71.8 Å². The Balaban J connectivity index is 1.94. The molecule has 0 atom stereocenters. The standard InChI is InChI=1S/C22H11ClS/c23-18-9-4-10-19-21(18)17-11-16-13-6-2-1-5-12(13)14-7-3-8-15(20(14)16)22(17)24-19/h1-11H. The Labute approximate surface area is 147 Å². The molecule has 5 aromatic rings. The van der Waals surface area contributed by atoms with Crippen LogP contribution in [0.15, 0.2) is 66.7 Å². The van der Waals surface area contributed by atoms with Crippen LogP contribution in [0.5, 0.6) is 0 Å². The molecule has 0 saturated heterocycles. The summed E-state index contributed by atoms with van der Waals surface area (Å²) in [5.41, 5.74) is 5.36. The monoisotopic (exact) mass is 342 g/mol. The van der Waals surface area contributed by atoms with Gasteiger partial charge in [0.2, 0.25) is 0 Å². The first kappa shape index (κ1) is 13.0. The first-order valence-electron chi connectivity index (χ1n) is 7.99. The van der Waals surface area contributed by atoms with Gasteiger partial charge in [-0.15, -0.1) is 11.3 Å². The minimum absolute atomic E-state index is 0.840. The molecular weight excluding hydrogens is 332 g/mol. The van der Waals surface area contributed by atoms with Crippen LogP contribution in [0.2, 0.25) is 5.02 Å². The second-order valence-electron chi connectivity index (χ2n) is 6.29. The molecule has 24 heavy (non-hydrogen) atoms. The molecule has 0 saturated carbocycles. The van der Waals surface area contributed by atoms with Crippen molar-refractivity contribution in [3.8, 4) is 22.3 Å². The van der Waals surface area contributed by atoms with Crippen molar-refractivity contribution in [3.63, 3.8) is 0 Å². The van der Waals surface area contributed by atoms with Crippen LogP contribution in [0, 0.1) is 0 Å². The molecule has 0 unspecified atom stereocenters. The quantitative estimate of drug-likeness (QED) is 0.268. The van der Waals surface area contributed by atoms with Crippen LogP contribution in [-0.4, -0.2) is 0 Å². The molecule has 0 nitrogen and oxygen atoms in total. The zero-order chi connectivity index (χ0) is 15.8. The van der Waals surface area contributed by atoms with E-state index in [1.165, 1.54) is 53.2 Å². The van der Waals surface area contributed by atoms with Crippen molar-refractivity contribution in [2.45, 2.75) is 0 Å². The van der Waals surface area contributed by atoms with E-state index in [0.717, 1.165) is 5.02 Å². The molecule has 1 heterocycles. The highest BCUT2D eigenvalue weighted by molar-refractivity contribution is 7.26. The summed E-state index contributed by atoms with van der Waals surface area (Å²) in [6.07, 6.45) is 0. The molecular formula is C22H11ClS. The second-order valence-corrected chi connectivity index (χ2v) is 7.75. The lowest BCUT2D eigenvalue weighted by Crippen LogP contribution is -1.77. The summed E-state index contributed by atoms with van der Waals surface area (Å²) < 4.78 is 2.60. The Kier molecular flexibility index (Phi) is 2.37. The summed E-state index contributed by atoms with van der Waals surface area (Å²) in [6.45, 7) is 0. The first-order valence-corrected chi connectivity index (χ1v) is 9.18. The van der Waals surface area contributed by atoms with Crippen molar-refractivity contribution < 1.29 is 0 Å². The third kappa shape index (κ3) is 1.45. The van der Waals surface area contributed by atoms with Gasteiger partial charge in [0.25, 0.3) is 0 Å². The van der Waals surface area contributed by atoms with Crippen LogP contribution in [0.25, 0.3) is 53.2 Å². The fourth-order valence-electron chi connectivity index (χ4n) is 4.10. The van der Waals surface area contributed by atoms with E-state index < -0.39 is 0 Å². The Morgan fingerprint density at radius 3 is 2.25 bits per heavy atom. The van der Waals surface area contributed by atoms with E-state index in [0.29, 0.717) is 0 Å². The van der Waals surface area contributed by atoms with Crippen LogP contribution in [0.1, 0.15) is 0 Å². The van der Waals surface area contributed by atoms with Gasteiger partial charge in [0.05, 0.1) is 0 Å². The Morgan fingerprint density at radius 2 is 1.38 bits per heavy atom. The average molecular weight is 343 g/mol. The van der Waals surface area contributed by atoms with E-state index in [4.69, 9.17) is 11.6 Å². The van der Waals surface area contributed by atoms with Crippen molar-refractivity contribution in [2.24, 2.45) is 0 Å². The summed E-state index contributed by atoms with van der Waals surface area (Å²) in [5.74, 6) is 0. The Morgan fingerprint density at radius 1 is 0.625 bits per heavy atom. The maximum Gasteiger partial charge on any atom is 0.0499 e. The third-order valence-electron chi connectivity index (χ3n) is 5.08. The zero-order valence-corrected chi connectivity index (χ0v) is 14.2. The predicted octanol–water partition coefficient (Wildman–Crippen LogP) is 7.51. The maximum atomic E-state index is 6.54. The van der Waals surface area contributed by atoms with Crippen molar-refractivity contribution in [1.29, 1.82) is 0 Å². The largest absolute Gasteiger partial charge is 0.134 e. The maximum absolute atomic E-state index is 6.54. The molecule has 0 radical (unpaired) electrons. The van der Waals surface area contributed by atoms with E-state index in [-0.39, 0.29) is 0 Å². The zero-order valence-electron chi connectivity index (χ0n) is 12.6. The molecule has 2 heteroatoms. The molecule has 0 amide bonds. The number of fused-ring (bicyclic) bond motifs is 7. The molecule has 112 valence electrons. The predicted molar refractivity (Wildman–Crippen MR) is 106 cm³/mol. The lowest BCUT2D eigenvalue weighted by molar-refractivity contribution is 1.70. The normalized spacial score (nSPS) is 12.4. The van der Waals surface area contributed by atoms with Gasteiger partial charge in [-0.25, -0.2) is 0 Å². The van der Waals surface area contributed by atoms with E-state index in [1.807, 2.05) is 23.5 Å². The number of halogens is 1. The summed E-state index contributed by atoms with van der Waals surface area (Å²) in [6, 6.07) is 23.9. The smallest absolute Gasteiger partial charge is 0.0499 e. The second kappa shape index (κ2) is 4.38. The average Bonchev–Trinajstić information content (AvgIpc) is 3.15.